The minimum Gasteiger partial charge on any atom is -0.497 e. The van der Waals surface area contributed by atoms with Gasteiger partial charge in [-0.05, 0) is 62.6 Å². The van der Waals surface area contributed by atoms with Crippen LogP contribution in [0.2, 0.25) is 0 Å². The molecule has 2 aromatic rings. The fourth-order valence-corrected chi connectivity index (χ4v) is 5.08. The molecule has 1 saturated heterocycles. The Morgan fingerprint density at radius 1 is 0.938 bits per heavy atom. The molecule has 1 aliphatic heterocycles. The quantitative estimate of drug-likeness (QED) is 0.646. The summed E-state index contributed by atoms with van der Waals surface area (Å²) in [6.45, 7) is 3.03. The van der Waals surface area contributed by atoms with E-state index in [-0.39, 0.29) is 16.4 Å². The maximum absolute atomic E-state index is 13.2. The number of carbonyl (C=O) groups excluding carboxylic acids is 1. The minimum atomic E-state index is -3.94. The molecule has 1 aliphatic rings. The predicted molar refractivity (Wildman–Crippen MR) is 121 cm³/mol. The van der Waals surface area contributed by atoms with E-state index in [1.165, 1.54) is 32.4 Å². The number of benzene rings is 2. The van der Waals surface area contributed by atoms with Gasteiger partial charge in [0.25, 0.3) is 5.91 Å². The van der Waals surface area contributed by atoms with Crippen molar-refractivity contribution in [1.29, 1.82) is 0 Å². The molecule has 32 heavy (non-hydrogen) atoms. The molecule has 1 N–H and O–H groups in total. The van der Waals surface area contributed by atoms with Gasteiger partial charge in [0, 0.05) is 24.7 Å². The number of hydrogen-bond donors (Lipinski definition) is 1. The Morgan fingerprint density at radius 3 is 2.22 bits per heavy atom. The molecule has 0 spiro atoms. The maximum Gasteiger partial charge on any atom is 0.257 e. The molecule has 0 radical (unpaired) electrons. The van der Waals surface area contributed by atoms with Gasteiger partial charge in [-0.3, -0.25) is 4.79 Å². The van der Waals surface area contributed by atoms with E-state index in [9.17, 15) is 13.2 Å². The highest BCUT2D eigenvalue weighted by Crippen LogP contribution is 2.31. The molecule has 0 bridgehead atoms. The van der Waals surface area contributed by atoms with Crippen LogP contribution in [0.25, 0.3) is 0 Å². The zero-order chi connectivity index (χ0) is 23.3. The number of amides is 1. The summed E-state index contributed by atoms with van der Waals surface area (Å²) in [5.74, 6) is 1.26. The van der Waals surface area contributed by atoms with Crippen LogP contribution in [0.15, 0.2) is 41.3 Å². The number of rotatable bonds is 8. The summed E-state index contributed by atoms with van der Waals surface area (Å²) >= 11 is 0. The van der Waals surface area contributed by atoms with Gasteiger partial charge in [-0.2, -0.15) is 0 Å². The Kier molecular flexibility index (Phi) is 7.63. The van der Waals surface area contributed by atoms with E-state index in [2.05, 4.69) is 4.72 Å². The lowest BCUT2D eigenvalue weighted by Gasteiger charge is -2.27. The van der Waals surface area contributed by atoms with Gasteiger partial charge >= 0.3 is 0 Å². The molecule has 2 aromatic carbocycles. The summed E-state index contributed by atoms with van der Waals surface area (Å²) in [6, 6.07) is 8.92. The largest absolute Gasteiger partial charge is 0.497 e. The molecular formula is C23H30N2O6S. The molecule has 1 amide bonds. The molecule has 0 saturated carbocycles. The zero-order valence-electron chi connectivity index (χ0n) is 18.9. The maximum atomic E-state index is 13.2. The van der Waals surface area contributed by atoms with E-state index in [1.807, 2.05) is 0 Å². The van der Waals surface area contributed by atoms with Crippen LogP contribution in [0.5, 0.6) is 17.2 Å². The predicted octanol–water partition coefficient (Wildman–Crippen LogP) is 3.38. The highest BCUT2D eigenvalue weighted by Gasteiger charge is 2.26. The van der Waals surface area contributed by atoms with E-state index in [0.717, 1.165) is 19.3 Å². The fourth-order valence-electron chi connectivity index (χ4n) is 3.83. The number of ether oxygens (including phenoxy) is 3. The van der Waals surface area contributed by atoms with Gasteiger partial charge in [-0.25, -0.2) is 13.1 Å². The summed E-state index contributed by atoms with van der Waals surface area (Å²) in [5, 5.41) is 0. The molecule has 1 fully saturated rings. The molecule has 174 valence electrons. The summed E-state index contributed by atoms with van der Waals surface area (Å²) in [6.07, 6.45) is 2.96. The number of hydrogen-bond acceptors (Lipinski definition) is 6. The third kappa shape index (κ3) is 5.16. The van der Waals surface area contributed by atoms with Crippen molar-refractivity contribution in [3.8, 4) is 17.2 Å². The van der Waals surface area contributed by atoms with E-state index >= 15 is 0 Å². The van der Waals surface area contributed by atoms with Crippen molar-refractivity contribution in [3.05, 3.63) is 47.5 Å². The van der Waals surface area contributed by atoms with Gasteiger partial charge in [0.1, 0.15) is 17.2 Å². The van der Waals surface area contributed by atoms with Crippen molar-refractivity contribution in [1.82, 2.24) is 9.62 Å². The third-order valence-corrected chi connectivity index (χ3v) is 7.13. The third-order valence-electron chi connectivity index (χ3n) is 5.59. The van der Waals surface area contributed by atoms with Gasteiger partial charge in [0.15, 0.2) is 0 Å². The van der Waals surface area contributed by atoms with Crippen LogP contribution in [0, 0.1) is 0 Å². The average Bonchev–Trinajstić information content (AvgIpc) is 2.82. The summed E-state index contributed by atoms with van der Waals surface area (Å²) < 4.78 is 45.0. The number of carbonyl (C=O) groups is 1. The first kappa shape index (κ1) is 23.9. The van der Waals surface area contributed by atoms with Crippen LogP contribution < -0.4 is 18.9 Å². The zero-order valence-corrected chi connectivity index (χ0v) is 19.7. The lowest BCUT2D eigenvalue weighted by Crippen LogP contribution is -2.36. The van der Waals surface area contributed by atoms with Gasteiger partial charge in [-0.1, -0.05) is 0 Å². The fraction of sp³-hybridized carbons (Fsp3) is 0.435. The van der Waals surface area contributed by atoms with E-state index in [1.54, 1.807) is 37.1 Å². The average molecular weight is 463 g/mol. The first-order valence-corrected chi connectivity index (χ1v) is 12.0. The normalized spacial score (nSPS) is 15.2. The van der Waals surface area contributed by atoms with Gasteiger partial charge in [0.2, 0.25) is 10.0 Å². The van der Waals surface area contributed by atoms with Crippen LogP contribution in [0.1, 0.15) is 48.1 Å². The van der Waals surface area contributed by atoms with Crippen molar-refractivity contribution >= 4 is 15.9 Å². The van der Waals surface area contributed by atoms with Crippen LogP contribution in [-0.2, 0) is 10.0 Å². The molecule has 0 aromatic heterocycles. The molecule has 0 aliphatic carbocycles. The van der Waals surface area contributed by atoms with Gasteiger partial charge in [0.05, 0.1) is 31.8 Å². The summed E-state index contributed by atoms with van der Waals surface area (Å²) in [4.78, 5) is 14.8. The molecule has 1 atom stereocenters. The molecule has 9 heteroatoms. The van der Waals surface area contributed by atoms with Crippen molar-refractivity contribution in [2.75, 3.05) is 34.4 Å². The van der Waals surface area contributed by atoms with Crippen LogP contribution >= 0.6 is 0 Å². The van der Waals surface area contributed by atoms with Crippen molar-refractivity contribution < 1.29 is 27.4 Å². The number of piperidine rings is 1. The molecular weight excluding hydrogens is 432 g/mol. The standard InChI is InChI=1S/C23H30N2O6S/c1-16(19-14-17(29-2)8-10-21(19)30-3)24-32(27,28)18-9-11-22(31-4)20(15-18)23(26)25-12-6-5-7-13-25/h8-11,14-16,24H,5-7,12-13H2,1-4H3/t16-/m0/s1. The Bertz CT molecular complexity index is 1060. The number of methoxy groups -OCH3 is 3. The van der Waals surface area contributed by atoms with E-state index in [0.29, 0.717) is 35.9 Å². The van der Waals surface area contributed by atoms with Crippen molar-refractivity contribution in [3.63, 3.8) is 0 Å². The second kappa shape index (κ2) is 10.2. The van der Waals surface area contributed by atoms with Gasteiger partial charge in [-0.15, -0.1) is 0 Å². The summed E-state index contributed by atoms with van der Waals surface area (Å²) in [7, 11) is 0.590. The highest BCUT2D eigenvalue weighted by molar-refractivity contribution is 7.89. The van der Waals surface area contributed by atoms with E-state index in [4.69, 9.17) is 14.2 Å². The van der Waals surface area contributed by atoms with E-state index < -0.39 is 16.1 Å². The van der Waals surface area contributed by atoms with Crippen LogP contribution in [0.4, 0.5) is 0 Å². The topological polar surface area (TPSA) is 94.2 Å². The number of nitrogens with one attached hydrogen (secondary N) is 1. The monoisotopic (exact) mass is 462 g/mol. The first-order valence-electron chi connectivity index (χ1n) is 10.5. The highest BCUT2D eigenvalue weighted by atomic mass is 32.2. The van der Waals surface area contributed by atoms with Crippen molar-refractivity contribution in [2.24, 2.45) is 0 Å². The molecule has 3 rings (SSSR count). The summed E-state index contributed by atoms with van der Waals surface area (Å²) in [5.41, 5.74) is 0.873. The number of sulfonamides is 1. The lowest BCUT2D eigenvalue weighted by atomic mass is 10.1. The van der Waals surface area contributed by atoms with Crippen LogP contribution in [0.3, 0.4) is 0 Å². The minimum absolute atomic E-state index is 0.00706. The molecule has 1 heterocycles. The SMILES string of the molecule is COc1ccc(OC)c([C@H](C)NS(=O)(=O)c2ccc(OC)c(C(=O)N3CCCCC3)c2)c1. The number of likely N-dealkylation sites (tertiary alicyclic amines) is 1. The number of nitrogens with zero attached hydrogens (tertiary/aromatic N) is 1. The Labute approximate surface area is 189 Å². The second-order valence-electron chi connectivity index (χ2n) is 7.67. The lowest BCUT2D eigenvalue weighted by molar-refractivity contribution is 0.0720. The second-order valence-corrected chi connectivity index (χ2v) is 9.38. The Morgan fingerprint density at radius 2 is 1.59 bits per heavy atom. The first-order chi connectivity index (χ1) is 15.3. The molecule has 8 nitrogen and oxygen atoms in total. The van der Waals surface area contributed by atoms with Crippen molar-refractivity contribution in [2.45, 2.75) is 37.1 Å². The van der Waals surface area contributed by atoms with Gasteiger partial charge < -0.3 is 19.1 Å². The molecule has 0 unspecified atom stereocenters. The van der Waals surface area contributed by atoms with Crippen LogP contribution in [-0.4, -0.2) is 53.6 Å². The Balaban J connectivity index is 1.90. The Hall–Kier alpha value is -2.78. The smallest absolute Gasteiger partial charge is 0.257 e.